The molecule has 12 heavy (non-hydrogen) atoms. The van der Waals surface area contributed by atoms with Gasteiger partial charge in [-0.15, -0.1) is 23.1 Å². The van der Waals surface area contributed by atoms with Crippen molar-refractivity contribution in [1.82, 2.24) is 4.98 Å². The molecule has 0 atom stereocenters. The molecule has 2 heterocycles. The lowest BCUT2D eigenvalue weighted by Gasteiger charge is -1.86. The SMILES string of the molecule is CSc1ccc(-c2cnco2)s1. The Hall–Kier alpha value is -0.740. The van der Waals surface area contributed by atoms with Crippen molar-refractivity contribution in [2.75, 3.05) is 6.26 Å². The molecule has 0 bridgehead atoms. The van der Waals surface area contributed by atoms with Gasteiger partial charge in [-0.2, -0.15) is 0 Å². The van der Waals surface area contributed by atoms with Gasteiger partial charge in [-0.05, 0) is 18.4 Å². The Bertz CT molecular complexity index is 353. The van der Waals surface area contributed by atoms with Crippen LogP contribution in [0.15, 0.2) is 33.3 Å². The second-order valence-corrected chi connectivity index (χ2v) is 4.38. The van der Waals surface area contributed by atoms with E-state index in [-0.39, 0.29) is 0 Å². The molecule has 0 radical (unpaired) electrons. The first kappa shape index (κ1) is 7.89. The summed E-state index contributed by atoms with van der Waals surface area (Å²) in [7, 11) is 0. The molecule has 0 saturated carbocycles. The molecule has 4 heteroatoms. The van der Waals surface area contributed by atoms with Gasteiger partial charge in [0.05, 0.1) is 15.3 Å². The van der Waals surface area contributed by atoms with Crippen molar-refractivity contribution < 1.29 is 4.42 Å². The minimum absolute atomic E-state index is 0.848. The Labute approximate surface area is 78.6 Å². The average Bonchev–Trinajstić information content (AvgIpc) is 2.75. The maximum Gasteiger partial charge on any atom is 0.181 e. The molecule has 0 aromatic carbocycles. The number of aromatic nitrogens is 1. The summed E-state index contributed by atoms with van der Waals surface area (Å²) in [5.41, 5.74) is 0. The number of nitrogens with zero attached hydrogens (tertiary/aromatic N) is 1. The lowest BCUT2D eigenvalue weighted by atomic mass is 10.4. The number of hydrogen-bond donors (Lipinski definition) is 0. The van der Waals surface area contributed by atoms with Crippen LogP contribution in [-0.2, 0) is 0 Å². The van der Waals surface area contributed by atoms with Crippen LogP contribution in [0.5, 0.6) is 0 Å². The Kier molecular flexibility index (Phi) is 2.19. The molecule has 2 rings (SSSR count). The first-order chi connectivity index (χ1) is 5.90. The minimum Gasteiger partial charge on any atom is -0.443 e. The lowest BCUT2D eigenvalue weighted by Crippen LogP contribution is -1.59. The van der Waals surface area contributed by atoms with Gasteiger partial charge in [0, 0.05) is 0 Å². The summed E-state index contributed by atoms with van der Waals surface area (Å²) in [6, 6.07) is 4.14. The predicted molar refractivity (Wildman–Crippen MR) is 51.6 cm³/mol. The number of thiophene rings is 1. The van der Waals surface area contributed by atoms with E-state index in [1.165, 1.54) is 10.6 Å². The van der Waals surface area contributed by atoms with E-state index >= 15 is 0 Å². The number of oxazole rings is 1. The van der Waals surface area contributed by atoms with Crippen LogP contribution in [0.4, 0.5) is 0 Å². The molecule has 0 aliphatic rings. The second-order valence-electron chi connectivity index (χ2n) is 2.19. The standard InChI is InChI=1S/C8H7NOS2/c1-11-8-3-2-7(12-8)6-4-9-5-10-6/h2-5H,1H3. The van der Waals surface area contributed by atoms with Crippen LogP contribution >= 0.6 is 23.1 Å². The molecule has 0 spiro atoms. The van der Waals surface area contributed by atoms with Crippen LogP contribution in [0.1, 0.15) is 0 Å². The predicted octanol–water partition coefficient (Wildman–Crippen LogP) is 3.13. The fourth-order valence-corrected chi connectivity index (χ4v) is 2.40. The maximum absolute atomic E-state index is 5.17. The molecule has 0 aliphatic carbocycles. The average molecular weight is 197 g/mol. The van der Waals surface area contributed by atoms with Gasteiger partial charge < -0.3 is 4.42 Å². The molecule has 2 nitrogen and oxygen atoms in total. The van der Waals surface area contributed by atoms with E-state index in [0.29, 0.717) is 0 Å². The molecule has 0 unspecified atom stereocenters. The molecule has 62 valence electrons. The van der Waals surface area contributed by atoms with Gasteiger partial charge in [-0.25, -0.2) is 4.98 Å². The van der Waals surface area contributed by atoms with Crippen molar-refractivity contribution in [3.63, 3.8) is 0 Å². The molecule has 0 amide bonds. The topological polar surface area (TPSA) is 26.0 Å². The van der Waals surface area contributed by atoms with Gasteiger partial charge in [-0.3, -0.25) is 0 Å². The third-order valence-electron chi connectivity index (χ3n) is 1.46. The van der Waals surface area contributed by atoms with Gasteiger partial charge in [0.2, 0.25) is 0 Å². The highest BCUT2D eigenvalue weighted by Crippen LogP contribution is 2.32. The first-order valence-electron chi connectivity index (χ1n) is 3.43. The second kappa shape index (κ2) is 3.33. The van der Waals surface area contributed by atoms with Crippen molar-refractivity contribution >= 4 is 23.1 Å². The molecule has 0 saturated heterocycles. The fraction of sp³-hybridized carbons (Fsp3) is 0.125. The summed E-state index contributed by atoms with van der Waals surface area (Å²) in [4.78, 5) is 5.00. The normalized spacial score (nSPS) is 10.4. The van der Waals surface area contributed by atoms with E-state index in [4.69, 9.17) is 4.42 Å². The highest BCUT2D eigenvalue weighted by Gasteiger charge is 2.04. The van der Waals surface area contributed by atoms with Gasteiger partial charge in [-0.1, -0.05) is 0 Å². The van der Waals surface area contributed by atoms with E-state index in [1.54, 1.807) is 29.3 Å². The highest BCUT2D eigenvalue weighted by molar-refractivity contribution is 8.00. The molecule has 2 aromatic rings. The first-order valence-corrected chi connectivity index (χ1v) is 5.47. The minimum atomic E-state index is 0.848. The van der Waals surface area contributed by atoms with E-state index < -0.39 is 0 Å². The van der Waals surface area contributed by atoms with E-state index in [9.17, 15) is 0 Å². The Morgan fingerprint density at radius 1 is 1.50 bits per heavy atom. The molecule has 0 N–H and O–H groups in total. The van der Waals surface area contributed by atoms with Crippen LogP contribution < -0.4 is 0 Å². The Morgan fingerprint density at radius 2 is 2.42 bits per heavy atom. The van der Waals surface area contributed by atoms with Gasteiger partial charge in [0.25, 0.3) is 0 Å². The van der Waals surface area contributed by atoms with E-state index in [1.807, 2.05) is 0 Å². The number of hydrogen-bond acceptors (Lipinski definition) is 4. The molecule has 0 fully saturated rings. The molecular formula is C8H7NOS2. The monoisotopic (exact) mass is 197 g/mol. The Balaban J connectivity index is 2.35. The van der Waals surface area contributed by atoms with Gasteiger partial charge >= 0.3 is 0 Å². The van der Waals surface area contributed by atoms with Crippen LogP contribution in [0, 0.1) is 0 Å². The van der Waals surface area contributed by atoms with Crippen molar-refractivity contribution in [2.45, 2.75) is 4.21 Å². The van der Waals surface area contributed by atoms with Gasteiger partial charge in [0.1, 0.15) is 0 Å². The summed E-state index contributed by atoms with van der Waals surface area (Å²) in [6.45, 7) is 0. The summed E-state index contributed by atoms with van der Waals surface area (Å²) in [6.07, 6.45) is 5.25. The van der Waals surface area contributed by atoms with Gasteiger partial charge in [0.15, 0.2) is 12.2 Å². The third-order valence-corrected chi connectivity index (χ3v) is 3.64. The van der Waals surface area contributed by atoms with Crippen molar-refractivity contribution in [1.29, 1.82) is 0 Å². The smallest absolute Gasteiger partial charge is 0.181 e. The Morgan fingerprint density at radius 3 is 3.00 bits per heavy atom. The highest BCUT2D eigenvalue weighted by atomic mass is 32.2. The largest absolute Gasteiger partial charge is 0.443 e. The van der Waals surface area contributed by atoms with Crippen LogP contribution in [-0.4, -0.2) is 11.2 Å². The summed E-state index contributed by atoms with van der Waals surface area (Å²) in [5, 5.41) is 0. The molecule has 2 aromatic heterocycles. The van der Waals surface area contributed by atoms with Crippen LogP contribution in [0.25, 0.3) is 10.6 Å². The zero-order chi connectivity index (χ0) is 8.39. The van der Waals surface area contributed by atoms with Crippen molar-refractivity contribution in [2.24, 2.45) is 0 Å². The van der Waals surface area contributed by atoms with E-state index in [2.05, 4.69) is 23.4 Å². The summed E-state index contributed by atoms with van der Waals surface area (Å²) >= 11 is 3.46. The van der Waals surface area contributed by atoms with Crippen molar-refractivity contribution in [3.8, 4) is 10.6 Å². The summed E-state index contributed by atoms with van der Waals surface area (Å²) < 4.78 is 6.46. The fourth-order valence-electron chi connectivity index (χ4n) is 0.900. The third kappa shape index (κ3) is 1.40. The summed E-state index contributed by atoms with van der Waals surface area (Å²) in [5.74, 6) is 0.848. The maximum atomic E-state index is 5.17. The quantitative estimate of drug-likeness (QED) is 0.692. The molecule has 0 aliphatic heterocycles. The lowest BCUT2D eigenvalue weighted by molar-refractivity contribution is 0.573. The zero-order valence-corrected chi connectivity index (χ0v) is 8.11. The van der Waals surface area contributed by atoms with Crippen LogP contribution in [0.3, 0.4) is 0 Å². The van der Waals surface area contributed by atoms with E-state index in [0.717, 1.165) is 10.6 Å². The number of rotatable bonds is 2. The van der Waals surface area contributed by atoms with Crippen LogP contribution in [0.2, 0.25) is 0 Å². The van der Waals surface area contributed by atoms with Crippen molar-refractivity contribution in [3.05, 3.63) is 24.7 Å². The number of thioether (sulfide) groups is 1. The zero-order valence-electron chi connectivity index (χ0n) is 6.48. The molecular weight excluding hydrogens is 190 g/mol.